The molecule has 0 bridgehead atoms. The summed E-state index contributed by atoms with van der Waals surface area (Å²) in [7, 11) is 0. The Bertz CT molecular complexity index is 586. The Labute approximate surface area is 96.7 Å². The Morgan fingerprint density at radius 2 is 2.18 bits per heavy atom. The monoisotopic (exact) mass is 231 g/mol. The lowest BCUT2D eigenvalue weighted by Gasteiger charge is -2.01. The number of hydrogen-bond donors (Lipinski definition) is 1. The summed E-state index contributed by atoms with van der Waals surface area (Å²) in [5.41, 5.74) is 2.30. The predicted molar refractivity (Wildman–Crippen MR) is 59.0 cm³/mol. The van der Waals surface area contributed by atoms with E-state index in [1.165, 1.54) is 6.07 Å². The van der Waals surface area contributed by atoms with Crippen molar-refractivity contribution in [3.63, 3.8) is 0 Å². The highest BCUT2D eigenvalue weighted by Gasteiger charge is 2.14. The number of aldehydes is 1. The molecule has 0 spiro atoms. The van der Waals surface area contributed by atoms with E-state index < -0.39 is 5.97 Å². The minimum absolute atomic E-state index is 0.252. The van der Waals surface area contributed by atoms with E-state index in [1.807, 2.05) is 6.92 Å². The van der Waals surface area contributed by atoms with Crippen LogP contribution < -0.4 is 0 Å². The summed E-state index contributed by atoms with van der Waals surface area (Å²) in [5.74, 6) is -1.44. The Hall–Kier alpha value is -2.43. The molecule has 0 aliphatic carbocycles. The van der Waals surface area contributed by atoms with Crippen molar-refractivity contribution < 1.29 is 19.2 Å². The minimum atomic E-state index is -1.19. The number of carboxylic acid groups (broad SMARTS) is 1. The molecule has 5 nitrogen and oxygen atoms in total. The summed E-state index contributed by atoms with van der Waals surface area (Å²) in [6.07, 6.45) is 0.698. The molecule has 0 aliphatic heterocycles. The number of nitrogens with zero attached hydrogens (tertiary/aromatic N) is 1. The lowest BCUT2D eigenvalue weighted by molar-refractivity contribution is 0.0652. The molecule has 0 saturated heterocycles. The van der Waals surface area contributed by atoms with Gasteiger partial charge in [-0.1, -0.05) is 22.9 Å². The largest absolute Gasteiger partial charge is 0.475 e. The number of carbonyl (C=O) groups is 2. The van der Waals surface area contributed by atoms with Gasteiger partial charge in [0.2, 0.25) is 5.76 Å². The van der Waals surface area contributed by atoms with Crippen LogP contribution in [0.25, 0.3) is 11.3 Å². The topological polar surface area (TPSA) is 80.4 Å². The van der Waals surface area contributed by atoms with Crippen molar-refractivity contribution in [1.82, 2.24) is 5.16 Å². The van der Waals surface area contributed by atoms with E-state index in [1.54, 1.807) is 18.2 Å². The average molecular weight is 231 g/mol. The van der Waals surface area contributed by atoms with E-state index in [9.17, 15) is 9.59 Å². The fourth-order valence-electron chi connectivity index (χ4n) is 1.50. The Morgan fingerprint density at radius 3 is 2.76 bits per heavy atom. The van der Waals surface area contributed by atoms with Crippen LogP contribution in [0, 0.1) is 6.92 Å². The van der Waals surface area contributed by atoms with E-state index in [-0.39, 0.29) is 5.76 Å². The number of aromatic carboxylic acids is 1. The van der Waals surface area contributed by atoms with E-state index in [0.29, 0.717) is 23.1 Å². The molecule has 86 valence electrons. The fraction of sp³-hybridized carbons (Fsp3) is 0.0833. The first kappa shape index (κ1) is 11.1. The first-order valence-corrected chi connectivity index (χ1v) is 4.88. The van der Waals surface area contributed by atoms with Crippen LogP contribution >= 0.6 is 0 Å². The second-order valence-corrected chi connectivity index (χ2v) is 3.59. The molecule has 0 unspecified atom stereocenters. The van der Waals surface area contributed by atoms with Crippen molar-refractivity contribution in [2.45, 2.75) is 6.92 Å². The molecule has 0 fully saturated rings. The van der Waals surface area contributed by atoms with E-state index in [2.05, 4.69) is 9.68 Å². The summed E-state index contributed by atoms with van der Waals surface area (Å²) in [4.78, 5) is 21.5. The zero-order valence-corrected chi connectivity index (χ0v) is 9.01. The van der Waals surface area contributed by atoms with Crippen LogP contribution in [0.15, 0.2) is 28.8 Å². The van der Waals surface area contributed by atoms with Crippen molar-refractivity contribution in [2.24, 2.45) is 0 Å². The number of rotatable bonds is 3. The normalized spacial score (nSPS) is 10.2. The second-order valence-electron chi connectivity index (χ2n) is 3.59. The maximum atomic E-state index is 10.9. The molecule has 0 saturated carbocycles. The third-order valence-corrected chi connectivity index (χ3v) is 2.33. The number of hydrogen-bond acceptors (Lipinski definition) is 4. The first-order valence-electron chi connectivity index (χ1n) is 4.88. The van der Waals surface area contributed by atoms with Crippen molar-refractivity contribution >= 4 is 12.3 Å². The maximum absolute atomic E-state index is 10.9. The van der Waals surface area contributed by atoms with Gasteiger partial charge in [0, 0.05) is 17.2 Å². The molecule has 1 aromatic carbocycles. The molecule has 17 heavy (non-hydrogen) atoms. The van der Waals surface area contributed by atoms with Crippen LogP contribution in [0.4, 0.5) is 0 Å². The lowest BCUT2D eigenvalue weighted by atomic mass is 10.0. The van der Waals surface area contributed by atoms with Gasteiger partial charge in [-0.25, -0.2) is 4.79 Å². The highest BCUT2D eigenvalue weighted by Crippen LogP contribution is 2.23. The van der Waals surface area contributed by atoms with Gasteiger partial charge in [0.25, 0.3) is 0 Å². The van der Waals surface area contributed by atoms with Gasteiger partial charge in [-0.2, -0.15) is 0 Å². The van der Waals surface area contributed by atoms with Crippen LogP contribution in [0.3, 0.4) is 0 Å². The van der Waals surface area contributed by atoms with Crippen LogP contribution in [-0.2, 0) is 0 Å². The molecule has 0 radical (unpaired) electrons. The molecule has 2 rings (SSSR count). The molecule has 2 aromatic rings. The Morgan fingerprint density at radius 1 is 1.41 bits per heavy atom. The van der Waals surface area contributed by atoms with Gasteiger partial charge in [-0.05, 0) is 13.0 Å². The third-order valence-electron chi connectivity index (χ3n) is 2.33. The number of aryl methyl sites for hydroxylation is 1. The summed E-state index contributed by atoms with van der Waals surface area (Å²) < 4.78 is 4.65. The Balaban J connectivity index is 2.54. The molecule has 0 aliphatic rings. The number of carboxylic acids is 1. The SMILES string of the molecule is Cc1ccc(C=O)c(-c2cc(C(=O)O)on2)c1. The molecular formula is C12H9NO4. The molecule has 0 amide bonds. The van der Waals surface area contributed by atoms with Gasteiger partial charge in [0.05, 0.1) is 0 Å². The summed E-state index contributed by atoms with van der Waals surface area (Å²) in [6.45, 7) is 1.87. The minimum Gasteiger partial charge on any atom is -0.475 e. The van der Waals surface area contributed by atoms with E-state index in [0.717, 1.165) is 5.56 Å². The van der Waals surface area contributed by atoms with Gasteiger partial charge in [-0.3, -0.25) is 4.79 Å². The Kier molecular flexibility index (Phi) is 2.74. The van der Waals surface area contributed by atoms with Gasteiger partial charge in [0.1, 0.15) is 5.69 Å². The summed E-state index contributed by atoms with van der Waals surface area (Å²) >= 11 is 0. The van der Waals surface area contributed by atoms with Crippen LogP contribution in [0.1, 0.15) is 26.5 Å². The van der Waals surface area contributed by atoms with Crippen LogP contribution in [0.2, 0.25) is 0 Å². The average Bonchev–Trinajstić information content (AvgIpc) is 2.78. The third kappa shape index (κ3) is 2.08. The smallest absolute Gasteiger partial charge is 0.374 e. The standard InChI is InChI=1S/C12H9NO4/c1-7-2-3-8(6-14)9(4-7)10-5-11(12(15)16)17-13-10/h2-6H,1H3,(H,15,16). The van der Waals surface area contributed by atoms with Crippen molar-refractivity contribution in [2.75, 3.05) is 0 Å². The zero-order chi connectivity index (χ0) is 12.4. The van der Waals surface area contributed by atoms with E-state index in [4.69, 9.17) is 5.11 Å². The molecule has 0 atom stereocenters. The van der Waals surface area contributed by atoms with Crippen molar-refractivity contribution in [3.05, 3.63) is 41.2 Å². The lowest BCUT2D eigenvalue weighted by Crippen LogP contribution is -1.92. The van der Waals surface area contributed by atoms with E-state index >= 15 is 0 Å². The predicted octanol–water partition coefficient (Wildman–Crippen LogP) is 2.16. The number of carbonyl (C=O) groups excluding carboxylic acids is 1. The van der Waals surface area contributed by atoms with Gasteiger partial charge < -0.3 is 9.63 Å². The van der Waals surface area contributed by atoms with Crippen LogP contribution in [-0.4, -0.2) is 22.5 Å². The highest BCUT2D eigenvalue weighted by atomic mass is 16.5. The molecular weight excluding hydrogens is 222 g/mol. The first-order chi connectivity index (χ1) is 8.11. The second kappa shape index (κ2) is 4.21. The van der Waals surface area contributed by atoms with Crippen molar-refractivity contribution in [3.8, 4) is 11.3 Å². The molecule has 1 aromatic heterocycles. The number of aromatic nitrogens is 1. The molecule has 1 N–H and O–H groups in total. The maximum Gasteiger partial charge on any atom is 0.374 e. The van der Waals surface area contributed by atoms with Crippen molar-refractivity contribution in [1.29, 1.82) is 0 Å². The summed E-state index contributed by atoms with van der Waals surface area (Å²) in [5, 5.41) is 12.4. The van der Waals surface area contributed by atoms with Gasteiger partial charge >= 0.3 is 5.97 Å². The quantitative estimate of drug-likeness (QED) is 0.818. The summed E-state index contributed by atoms with van der Waals surface area (Å²) in [6, 6.07) is 6.51. The molecule has 5 heteroatoms. The highest BCUT2D eigenvalue weighted by molar-refractivity contribution is 5.89. The van der Waals surface area contributed by atoms with Gasteiger partial charge in [0.15, 0.2) is 6.29 Å². The number of benzene rings is 1. The fourth-order valence-corrected chi connectivity index (χ4v) is 1.50. The molecule has 1 heterocycles. The van der Waals surface area contributed by atoms with Gasteiger partial charge in [-0.15, -0.1) is 0 Å². The zero-order valence-electron chi connectivity index (χ0n) is 9.01. The van der Waals surface area contributed by atoms with Crippen LogP contribution in [0.5, 0.6) is 0 Å².